The molecule has 0 bridgehead atoms. The molecule has 136 valence electrons. The van der Waals surface area contributed by atoms with Gasteiger partial charge in [-0.1, -0.05) is 75.4 Å². The van der Waals surface area contributed by atoms with Gasteiger partial charge in [0.15, 0.2) is 5.78 Å². The maximum absolute atomic E-state index is 12.4. The Hall–Kier alpha value is -1.58. The largest absolute Gasteiger partial charge is 0.336 e. The monoisotopic (exact) mass is 358 g/mol. The van der Waals surface area contributed by atoms with Crippen LogP contribution in [0.15, 0.2) is 54.6 Å². The van der Waals surface area contributed by atoms with E-state index in [9.17, 15) is 4.79 Å². The summed E-state index contributed by atoms with van der Waals surface area (Å²) < 4.78 is 6.35. The van der Waals surface area contributed by atoms with Crippen LogP contribution in [0, 0.1) is 0 Å². The molecule has 0 N–H and O–H groups in total. The van der Waals surface area contributed by atoms with Gasteiger partial charge in [0.1, 0.15) is 0 Å². The normalized spacial score (nSPS) is 12.8. The molecular formula is C22H30O2S. The van der Waals surface area contributed by atoms with E-state index >= 15 is 0 Å². The molecule has 0 radical (unpaired) electrons. The fourth-order valence-electron chi connectivity index (χ4n) is 2.29. The molecule has 0 atom stereocenters. The average molecular weight is 359 g/mol. The van der Waals surface area contributed by atoms with Crippen molar-refractivity contribution in [2.45, 2.75) is 38.4 Å². The summed E-state index contributed by atoms with van der Waals surface area (Å²) in [4.78, 5) is 12.4. The minimum atomic E-state index is -1.08. The molecule has 2 nitrogen and oxygen atoms in total. The quantitative estimate of drug-likeness (QED) is 0.615. The molecule has 0 aliphatic carbocycles. The number of hydrogen-bond donors (Lipinski definition) is 0. The molecule has 0 aliphatic heterocycles. The Bertz CT molecular complexity index is 682. The van der Waals surface area contributed by atoms with Crippen LogP contribution in [0.3, 0.4) is 0 Å². The number of carbonyl (C=O) groups excluding carboxylic acids is 1. The van der Waals surface area contributed by atoms with Gasteiger partial charge >= 0.3 is 0 Å². The molecule has 2 rings (SSSR count). The molecule has 0 unspecified atom stereocenters. The Morgan fingerprint density at radius 3 is 2.08 bits per heavy atom. The number of benzene rings is 2. The lowest BCUT2D eigenvalue weighted by molar-refractivity contribution is 0.0993. The van der Waals surface area contributed by atoms with Crippen LogP contribution >= 0.6 is 10.3 Å². The van der Waals surface area contributed by atoms with Gasteiger partial charge in [-0.05, 0) is 30.1 Å². The molecule has 0 amide bonds. The van der Waals surface area contributed by atoms with Gasteiger partial charge in [-0.3, -0.25) is 4.79 Å². The summed E-state index contributed by atoms with van der Waals surface area (Å²) in [5.41, 5.74) is 3.03. The molecule has 0 fully saturated rings. The van der Waals surface area contributed by atoms with E-state index in [4.69, 9.17) is 4.18 Å². The minimum absolute atomic E-state index is 0.160. The van der Waals surface area contributed by atoms with E-state index in [2.05, 4.69) is 33.3 Å². The van der Waals surface area contributed by atoms with Gasteiger partial charge in [0.25, 0.3) is 0 Å². The van der Waals surface area contributed by atoms with Crippen molar-refractivity contribution in [1.82, 2.24) is 0 Å². The minimum Gasteiger partial charge on any atom is -0.336 e. The lowest BCUT2D eigenvalue weighted by Gasteiger charge is -2.43. The highest BCUT2D eigenvalue weighted by molar-refractivity contribution is 8.29. The molecule has 0 saturated heterocycles. The van der Waals surface area contributed by atoms with Gasteiger partial charge in [0.05, 0.1) is 6.61 Å². The average Bonchev–Trinajstić information content (AvgIpc) is 2.55. The highest BCUT2D eigenvalue weighted by Crippen LogP contribution is 2.53. The maximum Gasteiger partial charge on any atom is 0.167 e. The van der Waals surface area contributed by atoms with E-state index in [-0.39, 0.29) is 10.5 Å². The molecule has 0 saturated carbocycles. The topological polar surface area (TPSA) is 26.3 Å². The highest BCUT2D eigenvalue weighted by Gasteiger charge is 2.28. The second-order valence-corrected chi connectivity index (χ2v) is 11.6. The third-order valence-electron chi connectivity index (χ3n) is 4.73. The molecule has 0 aliphatic rings. The molecule has 25 heavy (non-hydrogen) atoms. The second-order valence-electron chi connectivity index (χ2n) is 7.70. The van der Waals surface area contributed by atoms with Crippen LogP contribution in [0.25, 0.3) is 0 Å². The van der Waals surface area contributed by atoms with Crippen molar-refractivity contribution in [2.24, 2.45) is 0 Å². The van der Waals surface area contributed by atoms with Crippen LogP contribution in [0.2, 0.25) is 0 Å². The first-order chi connectivity index (χ1) is 11.7. The van der Waals surface area contributed by atoms with Crippen LogP contribution in [0.5, 0.6) is 0 Å². The second kappa shape index (κ2) is 8.20. The molecule has 0 spiro atoms. The number of rotatable bonds is 7. The summed E-state index contributed by atoms with van der Waals surface area (Å²) >= 11 is 0. The Balaban J connectivity index is 1.88. The number of Topliss-reactive ketones (excluding diaryl/α,β-unsaturated/α-hetero) is 1. The SMILES string of the molecule is CC(C)(C)S(C)(C)OCCc1ccc(C(=O)Cc2ccccc2)cc1. The Morgan fingerprint density at radius 1 is 0.920 bits per heavy atom. The summed E-state index contributed by atoms with van der Waals surface area (Å²) in [6.45, 7) is 7.41. The number of ketones is 1. The standard InChI is InChI=1S/C22H30O2S/c1-22(2,3)25(4,5)24-16-15-18-11-13-20(14-12-18)21(23)17-19-9-7-6-8-10-19/h6-14H,15-17H2,1-5H3. The molecular weight excluding hydrogens is 328 g/mol. The van der Waals surface area contributed by atoms with Crippen LogP contribution in [0.4, 0.5) is 0 Å². The van der Waals surface area contributed by atoms with Crippen molar-refractivity contribution in [1.29, 1.82) is 0 Å². The molecule has 0 heterocycles. The first-order valence-electron chi connectivity index (χ1n) is 8.72. The lowest BCUT2D eigenvalue weighted by atomic mass is 10.0. The predicted molar refractivity (Wildman–Crippen MR) is 110 cm³/mol. The summed E-state index contributed by atoms with van der Waals surface area (Å²) in [6, 6.07) is 17.8. The fraction of sp³-hybridized carbons (Fsp3) is 0.409. The van der Waals surface area contributed by atoms with Crippen molar-refractivity contribution in [3.63, 3.8) is 0 Å². The van der Waals surface area contributed by atoms with Crippen LogP contribution in [0.1, 0.15) is 42.3 Å². The third-order valence-corrected chi connectivity index (χ3v) is 8.43. The zero-order valence-electron chi connectivity index (χ0n) is 16.0. The first kappa shape index (κ1) is 19.7. The van der Waals surface area contributed by atoms with E-state index in [0.717, 1.165) is 24.2 Å². The number of carbonyl (C=O) groups is 1. The molecule has 2 aromatic carbocycles. The van der Waals surface area contributed by atoms with E-state index < -0.39 is 10.3 Å². The molecule has 0 aromatic heterocycles. The van der Waals surface area contributed by atoms with Gasteiger partial charge < -0.3 is 4.18 Å². The lowest BCUT2D eigenvalue weighted by Crippen LogP contribution is -2.25. The zero-order chi connectivity index (χ0) is 18.5. The van der Waals surface area contributed by atoms with Crippen LogP contribution in [-0.4, -0.2) is 29.6 Å². The summed E-state index contributed by atoms with van der Waals surface area (Å²) in [6.07, 6.45) is 5.77. The van der Waals surface area contributed by atoms with Crippen molar-refractivity contribution in [3.8, 4) is 0 Å². The highest BCUT2D eigenvalue weighted by atomic mass is 32.3. The van der Waals surface area contributed by atoms with E-state index in [1.165, 1.54) is 5.56 Å². The van der Waals surface area contributed by atoms with Crippen molar-refractivity contribution in [2.75, 3.05) is 19.1 Å². The number of hydrogen-bond acceptors (Lipinski definition) is 2. The van der Waals surface area contributed by atoms with Gasteiger partial charge in [-0.2, -0.15) is 0 Å². The summed E-state index contributed by atoms with van der Waals surface area (Å²) in [7, 11) is -1.08. The Labute approximate surface area is 154 Å². The van der Waals surface area contributed by atoms with Crippen LogP contribution in [-0.2, 0) is 17.0 Å². The van der Waals surface area contributed by atoms with Gasteiger partial charge in [0, 0.05) is 16.7 Å². The Morgan fingerprint density at radius 2 is 1.52 bits per heavy atom. The van der Waals surface area contributed by atoms with Gasteiger partial charge in [0.2, 0.25) is 0 Å². The van der Waals surface area contributed by atoms with E-state index in [1.807, 2.05) is 54.6 Å². The third kappa shape index (κ3) is 5.72. The van der Waals surface area contributed by atoms with Crippen molar-refractivity contribution < 1.29 is 8.98 Å². The predicted octanol–water partition coefficient (Wildman–Crippen LogP) is 5.45. The Kier molecular flexibility index (Phi) is 6.47. The fourth-order valence-corrected chi connectivity index (χ4v) is 3.14. The van der Waals surface area contributed by atoms with Gasteiger partial charge in [-0.15, -0.1) is 10.3 Å². The first-order valence-corrected chi connectivity index (χ1v) is 11.1. The maximum atomic E-state index is 12.4. The molecule has 2 aromatic rings. The molecule has 3 heteroatoms. The summed E-state index contributed by atoms with van der Waals surface area (Å²) in [5.74, 6) is 0.160. The van der Waals surface area contributed by atoms with E-state index in [1.54, 1.807) is 0 Å². The van der Waals surface area contributed by atoms with Crippen molar-refractivity contribution in [3.05, 3.63) is 71.3 Å². The van der Waals surface area contributed by atoms with Crippen LogP contribution < -0.4 is 0 Å². The van der Waals surface area contributed by atoms with E-state index in [0.29, 0.717) is 6.42 Å². The smallest absolute Gasteiger partial charge is 0.167 e. The van der Waals surface area contributed by atoms with Gasteiger partial charge in [-0.25, -0.2) is 0 Å². The summed E-state index contributed by atoms with van der Waals surface area (Å²) in [5, 5.41) is 0. The van der Waals surface area contributed by atoms with Crippen molar-refractivity contribution >= 4 is 16.1 Å². The zero-order valence-corrected chi connectivity index (χ0v) is 16.9.